The molecule has 2 heterocycles. The number of sulfonamides is 1. The normalized spacial score (nSPS) is 16.2. The molecule has 12 heteroatoms. The van der Waals surface area contributed by atoms with Crippen LogP contribution in [0.25, 0.3) is 22.2 Å². The van der Waals surface area contributed by atoms with Crippen LogP contribution in [0.3, 0.4) is 0 Å². The molecule has 0 aliphatic carbocycles. The van der Waals surface area contributed by atoms with E-state index in [4.69, 9.17) is 0 Å². The maximum atomic E-state index is 15.1. The Morgan fingerprint density at radius 2 is 1.83 bits per heavy atom. The SMILES string of the molecule is CNCCNC(=O)c1ccc2c(C)cc(-c3c(F)cc(S(=O)(=O)N4CC[C@H](F)C4)cc3F)nc2c1.Cl. The van der Waals surface area contributed by atoms with Gasteiger partial charge >= 0.3 is 0 Å². The molecule has 1 aliphatic rings. The Morgan fingerprint density at radius 3 is 2.44 bits per heavy atom. The van der Waals surface area contributed by atoms with Crippen LogP contribution in [0.4, 0.5) is 13.2 Å². The molecule has 1 aromatic heterocycles. The fourth-order valence-electron chi connectivity index (χ4n) is 4.07. The molecule has 3 aromatic rings. The minimum atomic E-state index is -4.24. The number of pyridine rings is 1. The predicted octanol–water partition coefficient (Wildman–Crippen LogP) is 3.59. The molecule has 0 bridgehead atoms. The maximum absolute atomic E-state index is 15.1. The number of fused-ring (bicyclic) bond motifs is 1. The van der Waals surface area contributed by atoms with E-state index in [2.05, 4.69) is 15.6 Å². The van der Waals surface area contributed by atoms with Crippen LogP contribution in [-0.2, 0) is 10.0 Å². The van der Waals surface area contributed by atoms with Gasteiger partial charge in [0, 0.05) is 37.1 Å². The van der Waals surface area contributed by atoms with Crippen LogP contribution >= 0.6 is 12.4 Å². The van der Waals surface area contributed by atoms with E-state index in [1.165, 1.54) is 12.1 Å². The molecule has 194 valence electrons. The molecule has 1 saturated heterocycles. The van der Waals surface area contributed by atoms with E-state index < -0.39 is 38.3 Å². The predicted molar refractivity (Wildman–Crippen MR) is 134 cm³/mol. The molecule has 0 unspecified atom stereocenters. The summed E-state index contributed by atoms with van der Waals surface area (Å²) in [5.74, 6) is -2.52. The Morgan fingerprint density at radius 1 is 1.14 bits per heavy atom. The minimum absolute atomic E-state index is 0. The fraction of sp³-hybridized carbons (Fsp3) is 0.333. The second-order valence-corrected chi connectivity index (χ2v) is 10.4. The van der Waals surface area contributed by atoms with Gasteiger partial charge in [0.25, 0.3) is 5.91 Å². The summed E-state index contributed by atoms with van der Waals surface area (Å²) in [4.78, 5) is 16.2. The van der Waals surface area contributed by atoms with Crippen molar-refractivity contribution in [1.29, 1.82) is 0 Å². The third-order valence-electron chi connectivity index (χ3n) is 5.94. The number of likely N-dealkylation sites (N-methyl/N-ethyl adjacent to an activating group) is 1. The maximum Gasteiger partial charge on any atom is 0.251 e. The number of carbonyl (C=O) groups excluding carboxylic acids is 1. The van der Waals surface area contributed by atoms with Gasteiger partial charge in [0.05, 0.1) is 21.7 Å². The first kappa shape index (κ1) is 27.9. The highest BCUT2D eigenvalue weighted by atomic mass is 35.5. The van der Waals surface area contributed by atoms with Crippen molar-refractivity contribution in [3.63, 3.8) is 0 Å². The Kier molecular flexibility index (Phi) is 8.60. The van der Waals surface area contributed by atoms with E-state index in [0.29, 0.717) is 35.1 Å². The van der Waals surface area contributed by atoms with Crippen LogP contribution < -0.4 is 10.6 Å². The van der Waals surface area contributed by atoms with Crippen molar-refractivity contribution < 1.29 is 26.4 Å². The molecule has 1 amide bonds. The molecule has 2 aromatic carbocycles. The Labute approximate surface area is 213 Å². The molecule has 1 fully saturated rings. The molecule has 4 rings (SSSR count). The summed E-state index contributed by atoms with van der Waals surface area (Å²) in [6.07, 6.45) is -1.27. The molecule has 36 heavy (non-hydrogen) atoms. The van der Waals surface area contributed by atoms with Gasteiger partial charge < -0.3 is 10.6 Å². The number of alkyl halides is 1. The molecule has 1 aliphatic heterocycles. The number of hydrogen-bond acceptors (Lipinski definition) is 5. The van der Waals surface area contributed by atoms with Crippen LogP contribution in [0, 0.1) is 18.6 Å². The molecule has 7 nitrogen and oxygen atoms in total. The number of amides is 1. The Hall–Kier alpha value is -2.73. The minimum Gasteiger partial charge on any atom is -0.351 e. The zero-order chi connectivity index (χ0) is 25.3. The van der Waals surface area contributed by atoms with Gasteiger partial charge in [-0.2, -0.15) is 4.31 Å². The highest BCUT2D eigenvalue weighted by molar-refractivity contribution is 7.89. The first-order valence-electron chi connectivity index (χ1n) is 11.1. The number of halogens is 4. The van der Waals surface area contributed by atoms with Gasteiger partial charge in [-0.15, -0.1) is 12.4 Å². The van der Waals surface area contributed by atoms with E-state index in [1.54, 1.807) is 26.1 Å². The lowest BCUT2D eigenvalue weighted by molar-refractivity contribution is 0.0954. The second kappa shape index (κ2) is 11.1. The molecule has 0 spiro atoms. The highest BCUT2D eigenvalue weighted by Gasteiger charge is 2.34. The van der Waals surface area contributed by atoms with Crippen molar-refractivity contribution in [2.24, 2.45) is 0 Å². The second-order valence-electron chi connectivity index (χ2n) is 8.43. The molecule has 0 radical (unpaired) electrons. The number of nitrogens with zero attached hydrogens (tertiary/aromatic N) is 2. The fourth-order valence-corrected chi connectivity index (χ4v) is 5.58. The van der Waals surface area contributed by atoms with Crippen LogP contribution in [0.5, 0.6) is 0 Å². The standard InChI is InChI=1S/C24H25F3N4O3S.ClH/c1-14-9-22(30-21-10-15(3-4-18(14)21)24(32)29-7-6-28-2)23-19(26)11-17(12-20(23)27)35(33,34)31-8-5-16(25)13-31;/h3-4,9-12,16,28H,5-8,13H2,1-2H3,(H,29,32);1H/t16-;/m0./s1. The van der Waals surface area contributed by atoms with E-state index in [1.807, 2.05) is 0 Å². The number of aryl methyl sites for hydroxylation is 1. The van der Waals surface area contributed by atoms with Crippen LogP contribution in [0.15, 0.2) is 41.3 Å². The van der Waals surface area contributed by atoms with Gasteiger partial charge in [-0.1, -0.05) is 6.07 Å². The first-order chi connectivity index (χ1) is 16.6. The largest absolute Gasteiger partial charge is 0.351 e. The van der Waals surface area contributed by atoms with Crippen LogP contribution in [0.2, 0.25) is 0 Å². The van der Waals surface area contributed by atoms with Crippen LogP contribution in [0.1, 0.15) is 22.3 Å². The lowest BCUT2D eigenvalue weighted by Crippen LogP contribution is -2.30. The summed E-state index contributed by atoms with van der Waals surface area (Å²) in [5.41, 5.74) is 0.864. The lowest BCUT2D eigenvalue weighted by atomic mass is 10.0. The van der Waals surface area contributed by atoms with E-state index in [0.717, 1.165) is 16.4 Å². The van der Waals surface area contributed by atoms with Crippen molar-refractivity contribution in [1.82, 2.24) is 19.9 Å². The average molecular weight is 543 g/mol. The summed E-state index contributed by atoms with van der Waals surface area (Å²) >= 11 is 0. The number of rotatable bonds is 7. The third-order valence-corrected chi connectivity index (χ3v) is 7.79. The summed E-state index contributed by atoms with van der Waals surface area (Å²) in [6.45, 7) is 2.37. The van der Waals surface area contributed by atoms with Gasteiger partial charge in [-0.3, -0.25) is 4.79 Å². The summed E-state index contributed by atoms with van der Waals surface area (Å²) in [5, 5.41) is 6.38. The monoisotopic (exact) mass is 542 g/mol. The number of hydrogen-bond donors (Lipinski definition) is 2. The first-order valence-corrected chi connectivity index (χ1v) is 12.5. The van der Waals surface area contributed by atoms with E-state index in [-0.39, 0.29) is 43.5 Å². The molecule has 1 atom stereocenters. The van der Waals surface area contributed by atoms with Gasteiger partial charge in [-0.05, 0) is 56.3 Å². The van der Waals surface area contributed by atoms with E-state index >= 15 is 8.78 Å². The van der Waals surface area contributed by atoms with Crippen molar-refractivity contribution >= 4 is 39.2 Å². The topological polar surface area (TPSA) is 91.4 Å². The van der Waals surface area contributed by atoms with Crippen molar-refractivity contribution in [3.05, 3.63) is 59.2 Å². The van der Waals surface area contributed by atoms with Crippen molar-refractivity contribution in [3.8, 4) is 11.3 Å². The van der Waals surface area contributed by atoms with Crippen molar-refractivity contribution in [2.45, 2.75) is 24.4 Å². The Balaban J connectivity index is 0.00000361. The smallest absolute Gasteiger partial charge is 0.251 e. The zero-order valence-corrected chi connectivity index (χ0v) is 21.3. The number of benzene rings is 2. The Bertz CT molecular complexity index is 1380. The van der Waals surface area contributed by atoms with Crippen molar-refractivity contribution in [2.75, 3.05) is 33.2 Å². The van der Waals surface area contributed by atoms with Gasteiger partial charge in [0.2, 0.25) is 10.0 Å². The van der Waals surface area contributed by atoms with Gasteiger partial charge in [0.1, 0.15) is 17.8 Å². The van der Waals surface area contributed by atoms with Crippen LogP contribution in [-0.4, -0.2) is 63.0 Å². The summed E-state index contributed by atoms with van der Waals surface area (Å²) < 4.78 is 70.0. The molecular weight excluding hydrogens is 517 g/mol. The van der Waals surface area contributed by atoms with Gasteiger partial charge in [0.15, 0.2) is 0 Å². The molecular formula is C24H26ClF3N4O3S. The third kappa shape index (κ3) is 5.49. The van der Waals surface area contributed by atoms with Gasteiger partial charge in [-0.25, -0.2) is 26.6 Å². The van der Waals surface area contributed by atoms with E-state index in [9.17, 15) is 17.6 Å². The summed E-state index contributed by atoms with van der Waals surface area (Å²) in [7, 11) is -2.47. The average Bonchev–Trinajstić information content (AvgIpc) is 3.25. The number of nitrogens with one attached hydrogen (secondary N) is 2. The number of aromatic nitrogens is 1. The highest BCUT2D eigenvalue weighted by Crippen LogP contribution is 2.32. The lowest BCUT2D eigenvalue weighted by Gasteiger charge is -2.17. The number of carbonyl (C=O) groups is 1. The zero-order valence-electron chi connectivity index (χ0n) is 19.6. The molecule has 2 N–H and O–H groups in total. The summed E-state index contributed by atoms with van der Waals surface area (Å²) in [6, 6.07) is 7.85. The quantitative estimate of drug-likeness (QED) is 0.445. The molecule has 0 saturated carbocycles.